The molecule has 88 valence electrons. The first-order valence-corrected chi connectivity index (χ1v) is 4.61. The van der Waals surface area contributed by atoms with Crippen LogP contribution in [0.25, 0.3) is 0 Å². The maximum Gasteiger partial charge on any atom is 0.391 e. The lowest BCUT2D eigenvalue weighted by molar-refractivity contribution is -0.145. The smallest absolute Gasteiger partial charge is 0.381 e. The van der Waals surface area contributed by atoms with E-state index in [9.17, 15) is 13.2 Å². The normalized spacial score (nSPS) is 15.7. The predicted molar refractivity (Wildman–Crippen MR) is 48.9 cm³/mol. The second kappa shape index (κ2) is 5.93. The van der Waals surface area contributed by atoms with E-state index in [2.05, 4.69) is 0 Å². The number of alkyl halides is 3. The number of nitriles is 1. The van der Waals surface area contributed by atoms with Crippen LogP contribution in [0.15, 0.2) is 0 Å². The Labute approximate surface area is 87.0 Å². The average Bonchev–Trinajstić information content (AvgIpc) is 2.09. The molecule has 0 fully saturated rings. The molecule has 0 aliphatic carbocycles. The summed E-state index contributed by atoms with van der Waals surface area (Å²) in [4.78, 5) is 0. The first-order chi connectivity index (χ1) is 6.77. The monoisotopic (exact) mass is 224 g/mol. The number of nitrogens with two attached hydrogens (primary N) is 1. The molecule has 0 amide bonds. The molecule has 1 unspecified atom stereocenters. The van der Waals surface area contributed by atoms with Crippen LogP contribution < -0.4 is 5.73 Å². The first-order valence-electron chi connectivity index (χ1n) is 4.61. The molecule has 0 heterocycles. The van der Waals surface area contributed by atoms with Gasteiger partial charge in [0.05, 0.1) is 19.1 Å². The molecule has 0 aliphatic heterocycles. The van der Waals surface area contributed by atoms with Crippen LogP contribution in [0.3, 0.4) is 0 Å². The van der Waals surface area contributed by atoms with Crippen molar-refractivity contribution in [1.82, 2.24) is 0 Å². The summed E-state index contributed by atoms with van der Waals surface area (Å²) in [5.41, 5.74) is 4.58. The topological polar surface area (TPSA) is 59.0 Å². The minimum atomic E-state index is -4.17. The number of ether oxygens (including phenoxy) is 1. The summed E-state index contributed by atoms with van der Waals surface area (Å²) < 4.78 is 39.8. The van der Waals surface area contributed by atoms with Gasteiger partial charge in [-0.3, -0.25) is 0 Å². The van der Waals surface area contributed by atoms with Gasteiger partial charge in [0.15, 0.2) is 0 Å². The Hall–Kier alpha value is -0.800. The van der Waals surface area contributed by atoms with Crippen molar-refractivity contribution < 1.29 is 17.9 Å². The second-order valence-corrected chi connectivity index (χ2v) is 3.61. The van der Waals surface area contributed by atoms with Crippen molar-refractivity contribution in [2.75, 3.05) is 13.2 Å². The molecule has 0 spiro atoms. The fraction of sp³-hybridized carbons (Fsp3) is 0.889. The van der Waals surface area contributed by atoms with Gasteiger partial charge in [0.2, 0.25) is 0 Å². The van der Waals surface area contributed by atoms with Crippen molar-refractivity contribution in [1.29, 1.82) is 5.26 Å². The van der Waals surface area contributed by atoms with Crippen LogP contribution >= 0.6 is 0 Å². The summed E-state index contributed by atoms with van der Waals surface area (Å²) in [7, 11) is 0. The van der Waals surface area contributed by atoms with Crippen molar-refractivity contribution in [3.63, 3.8) is 0 Å². The molecule has 0 radical (unpaired) electrons. The van der Waals surface area contributed by atoms with E-state index in [0.717, 1.165) is 0 Å². The molecule has 6 heteroatoms. The fourth-order valence-electron chi connectivity index (χ4n) is 0.887. The van der Waals surface area contributed by atoms with E-state index in [4.69, 9.17) is 15.7 Å². The van der Waals surface area contributed by atoms with Gasteiger partial charge in [0, 0.05) is 6.61 Å². The molecule has 1 atom stereocenters. The highest BCUT2D eigenvalue weighted by Gasteiger charge is 2.26. The molecule has 0 aromatic rings. The van der Waals surface area contributed by atoms with Crippen LogP contribution in [-0.4, -0.2) is 24.9 Å². The highest BCUT2D eigenvalue weighted by molar-refractivity contribution is 5.00. The van der Waals surface area contributed by atoms with Crippen LogP contribution in [0.2, 0.25) is 0 Å². The lowest BCUT2D eigenvalue weighted by Crippen LogP contribution is -2.34. The molecule has 0 rings (SSSR count). The minimum Gasteiger partial charge on any atom is -0.381 e. The minimum absolute atomic E-state index is 0.199. The third-order valence-corrected chi connectivity index (χ3v) is 1.77. The fourth-order valence-corrected chi connectivity index (χ4v) is 0.887. The average molecular weight is 224 g/mol. The molecule has 0 bridgehead atoms. The van der Waals surface area contributed by atoms with E-state index in [1.54, 1.807) is 6.92 Å². The maximum atomic E-state index is 11.7. The number of halogens is 3. The van der Waals surface area contributed by atoms with Crippen LogP contribution in [0.4, 0.5) is 13.2 Å². The van der Waals surface area contributed by atoms with E-state index in [1.165, 1.54) is 0 Å². The van der Waals surface area contributed by atoms with Crippen molar-refractivity contribution in [2.45, 2.75) is 37.9 Å². The van der Waals surface area contributed by atoms with Gasteiger partial charge in [0.25, 0.3) is 0 Å². The largest absolute Gasteiger partial charge is 0.391 e. The summed E-state index contributed by atoms with van der Waals surface area (Å²) in [5.74, 6) is 0. The highest BCUT2D eigenvalue weighted by Crippen LogP contribution is 2.19. The lowest BCUT2D eigenvalue weighted by Gasteiger charge is -2.14. The van der Waals surface area contributed by atoms with Crippen LogP contribution in [0.5, 0.6) is 0 Å². The van der Waals surface area contributed by atoms with Gasteiger partial charge >= 0.3 is 6.18 Å². The van der Waals surface area contributed by atoms with Gasteiger partial charge in [-0.15, -0.1) is 0 Å². The third kappa shape index (κ3) is 9.50. The summed E-state index contributed by atoms with van der Waals surface area (Å²) in [6.07, 6.45) is -4.21. The molecule has 0 aliphatic rings. The van der Waals surface area contributed by atoms with Crippen molar-refractivity contribution >= 4 is 0 Å². The Morgan fingerprint density at radius 3 is 2.33 bits per heavy atom. The number of hydrogen-bond acceptors (Lipinski definition) is 3. The van der Waals surface area contributed by atoms with Gasteiger partial charge in [-0.25, -0.2) is 0 Å². The van der Waals surface area contributed by atoms with Gasteiger partial charge in [0.1, 0.15) is 5.54 Å². The summed E-state index contributed by atoms with van der Waals surface area (Å²) in [6, 6.07) is 1.90. The summed E-state index contributed by atoms with van der Waals surface area (Å²) in [5, 5.41) is 8.54. The van der Waals surface area contributed by atoms with E-state index in [1.807, 2.05) is 6.07 Å². The molecule has 3 nitrogen and oxygen atoms in total. The van der Waals surface area contributed by atoms with Crippen LogP contribution in [0.1, 0.15) is 26.2 Å². The van der Waals surface area contributed by atoms with E-state index < -0.39 is 18.1 Å². The van der Waals surface area contributed by atoms with E-state index in [0.29, 0.717) is 12.8 Å². The molecule has 15 heavy (non-hydrogen) atoms. The summed E-state index contributed by atoms with van der Waals surface area (Å²) >= 11 is 0. The number of rotatable bonds is 6. The van der Waals surface area contributed by atoms with E-state index in [-0.39, 0.29) is 13.2 Å². The molecule has 0 saturated heterocycles. The van der Waals surface area contributed by atoms with E-state index >= 15 is 0 Å². The van der Waals surface area contributed by atoms with Crippen molar-refractivity contribution in [3.8, 4) is 6.07 Å². The quantitative estimate of drug-likeness (QED) is 0.702. The maximum absolute atomic E-state index is 11.7. The Kier molecular flexibility index (Phi) is 5.61. The Balaban J connectivity index is 3.38. The second-order valence-electron chi connectivity index (χ2n) is 3.61. The van der Waals surface area contributed by atoms with Crippen molar-refractivity contribution in [2.24, 2.45) is 5.73 Å². The molecule has 0 aromatic carbocycles. The molecule has 0 saturated carbocycles. The van der Waals surface area contributed by atoms with Gasteiger partial charge in [-0.05, 0) is 19.8 Å². The zero-order chi connectivity index (χ0) is 11.9. The number of hydrogen-bond donors (Lipinski definition) is 1. The van der Waals surface area contributed by atoms with Gasteiger partial charge in [-0.2, -0.15) is 18.4 Å². The highest BCUT2D eigenvalue weighted by atomic mass is 19.4. The zero-order valence-corrected chi connectivity index (χ0v) is 8.60. The molecular formula is C9H15F3N2O. The van der Waals surface area contributed by atoms with Crippen LogP contribution in [-0.2, 0) is 4.74 Å². The number of nitrogens with zero attached hydrogens (tertiary/aromatic N) is 1. The Morgan fingerprint density at radius 1 is 1.27 bits per heavy atom. The standard InChI is InChI=1S/C9H15F3N2O/c1-8(14,7-13)3-2-5-15-6-4-9(10,11)12/h2-6,14H2,1H3. The van der Waals surface area contributed by atoms with Crippen LogP contribution in [0, 0.1) is 11.3 Å². The lowest BCUT2D eigenvalue weighted by atomic mass is 10.00. The zero-order valence-electron chi connectivity index (χ0n) is 8.60. The Bertz CT molecular complexity index is 220. The first kappa shape index (κ1) is 14.2. The molecule has 2 N–H and O–H groups in total. The predicted octanol–water partition coefficient (Wildman–Crippen LogP) is 1.98. The van der Waals surface area contributed by atoms with Gasteiger partial charge in [-0.1, -0.05) is 0 Å². The summed E-state index contributed by atoms with van der Waals surface area (Å²) in [6.45, 7) is 1.44. The Morgan fingerprint density at radius 2 is 1.87 bits per heavy atom. The molecule has 0 aromatic heterocycles. The third-order valence-electron chi connectivity index (χ3n) is 1.77. The molecular weight excluding hydrogens is 209 g/mol. The SMILES string of the molecule is CC(N)(C#N)CCCOCCC(F)(F)F. The van der Waals surface area contributed by atoms with Gasteiger partial charge < -0.3 is 10.5 Å². The van der Waals surface area contributed by atoms with Crippen molar-refractivity contribution in [3.05, 3.63) is 0 Å².